The number of hydrogen-bond donors (Lipinski definition) is 0. The fourth-order valence-corrected chi connectivity index (χ4v) is 4.35. The van der Waals surface area contributed by atoms with Crippen LogP contribution < -0.4 is 0 Å². The smallest absolute Gasteiger partial charge is 0.253 e. The van der Waals surface area contributed by atoms with Crippen molar-refractivity contribution >= 4 is 23.4 Å². The molecule has 142 valence electrons. The lowest BCUT2D eigenvalue weighted by Crippen LogP contribution is -2.42. The maximum Gasteiger partial charge on any atom is 0.253 e. The third-order valence-electron chi connectivity index (χ3n) is 5.26. The number of amides is 1. The first-order valence-electron chi connectivity index (χ1n) is 9.66. The molecule has 1 amide bonds. The highest BCUT2D eigenvalue weighted by atomic mass is 32.2. The Kier molecular flexibility index (Phi) is 6.16. The van der Waals surface area contributed by atoms with E-state index in [0.29, 0.717) is 22.7 Å². The summed E-state index contributed by atoms with van der Waals surface area (Å²) in [5.41, 5.74) is 3.40. The average Bonchev–Trinajstić information content (AvgIpc) is 3.03. The maximum atomic E-state index is 12.5. The molecule has 2 aromatic heterocycles. The fourth-order valence-electron chi connectivity index (χ4n) is 3.64. The summed E-state index contributed by atoms with van der Waals surface area (Å²) in [4.78, 5) is 23.7. The van der Waals surface area contributed by atoms with Crippen molar-refractivity contribution in [3.8, 4) is 0 Å². The minimum atomic E-state index is 0.186. The molecule has 0 saturated carbocycles. The summed E-state index contributed by atoms with van der Waals surface area (Å²) in [5.74, 6) is 1.20. The van der Waals surface area contributed by atoms with Gasteiger partial charge < -0.3 is 4.90 Å². The second-order valence-corrected chi connectivity index (χ2v) is 8.13. The molecule has 1 atom stereocenters. The molecule has 1 aliphatic heterocycles. The van der Waals surface area contributed by atoms with Gasteiger partial charge in [0.05, 0.1) is 5.75 Å². The van der Waals surface area contributed by atoms with Crippen molar-refractivity contribution in [2.45, 2.75) is 77.4 Å². The number of aryl methyl sites for hydroxylation is 2. The van der Waals surface area contributed by atoms with Crippen LogP contribution in [0.1, 0.15) is 62.9 Å². The molecule has 26 heavy (non-hydrogen) atoms. The van der Waals surface area contributed by atoms with Crippen LogP contribution in [0.25, 0.3) is 5.78 Å². The van der Waals surface area contributed by atoms with E-state index in [-0.39, 0.29) is 5.91 Å². The zero-order valence-corrected chi connectivity index (χ0v) is 17.1. The van der Waals surface area contributed by atoms with Crippen molar-refractivity contribution in [3.05, 3.63) is 17.0 Å². The number of hydrogen-bond acceptors (Lipinski definition) is 5. The second-order valence-electron chi connectivity index (χ2n) is 7.19. The fraction of sp³-hybridized carbons (Fsp3) is 0.684. The minimum absolute atomic E-state index is 0.186. The topological polar surface area (TPSA) is 63.4 Å². The van der Waals surface area contributed by atoms with Crippen LogP contribution in [0.15, 0.2) is 5.16 Å². The van der Waals surface area contributed by atoms with Crippen molar-refractivity contribution < 1.29 is 4.79 Å². The number of nitrogens with zero attached hydrogens (tertiary/aromatic N) is 5. The molecule has 2 aromatic rings. The summed E-state index contributed by atoms with van der Waals surface area (Å²) >= 11 is 1.41. The van der Waals surface area contributed by atoms with Crippen LogP contribution in [0.4, 0.5) is 0 Å². The van der Waals surface area contributed by atoms with E-state index in [2.05, 4.69) is 35.8 Å². The van der Waals surface area contributed by atoms with Crippen LogP contribution in [0.2, 0.25) is 0 Å². The number of likely N-dealkylation sites (tertiary alicyclic amines) is 1. The number of fused-ring (bicyclic) bond motifs is 1. The predicted octanol–water partition coefficient (Wildman–Crippen LogP) is 3.58. The molecule has 1 saturated heterocycles. The van der Waals surface area contributed by atoms with Gasteiger partial charge in [0, 0.05) is 24.0 Å². The van der Waals surface area contributed by atoms with E-state index in [0.717, 1.165) is 50.0 Å². The lowest BCUT2D eigenvalue weighted by Gasteiger charge is -2.33. The first kappa shape index (κ1) is 19.1. The van der Waals surface area contributed by atoms with E-state index < -0.39 is 0 Å². The van der Waals surface area contributed by atoms with Crippen LogP contribution in [0.3, 0.4) is 0 Å². The average molecular weight is 376 g/mol. The SMILES string of the molecule is CCCCc1c(C)nc2nc(SCC(=O)N3CCCCC3C)nn2c1C. The highest BCUT2D eigenvalue weighted by molar-refractivity contribution is 7.99. The van der Waals surface area contributed by atoms with Crippen molar-refractivity contribution in [1.29, 1.82) is 0 Å². The summed E-state index contributed by atoms with van der Waals surface area (Å²) < 4.78 is 1.83. The van der Waals surface area contributed by atoms with Gasteiger partial charge >= 0.3 is 0 Å². The van der Waals surface area contributed by atoms with Gasteiger partial charge in [0.2, 0.25) is 11.1 Å². The molecular weight excluding hydrogens is 346 g/mol. The number of piperidine rings is 1. The molecule has 0 N–H and O–H groups in total. The standard InChI is InChI=1S/C19H29N5OS/c1-5-6-10-16-14(3)20-18-21-19(22-24(18)15(16)4)26-12-17(25)23-11-8-7-9-13(23)2/h13H,5-12H2,1-4H3. The van der Waals surface area contributed by atoms with Crippen LogP contribution in [0, 0.1) is 13.8 Å². The molecule has 3 rings (SSSR count). The summed E-state index contributed by atoms with van der Waals surface area (Å²) in [6.45, 7) is 9.33. The third-order valence-corrected chi connectivity index (χ3v) is 6.08. The number of unbranched alkanes of at least 4 members (excludes halogenated alkanes) is 1. The molecule has 3 heterocycles. The van der Waals surface area contributed by atoms with E-state index in [4.69, 9.17) is 0 Å². The van der Waals surface area contributed by atoms with Crippen LogP contribution in [0.5, 0.6) is 0 Å². The lowest BCUT2D eigenvalue weighted by atomic mass is 10.0. The molecule has 6 nitrogen and oxygen atoms in total. The minimum Gasteiger partial charge on any atom is -0.339 e. The molecule has 0 bridgehead atoms. The molecule has 0 radical (unpaired) electrons. The highest BCUT2D eigenvalue weighted by Crippen LogP contribution is 2.22. The normalized spacial score (nSPS) is 17.8. The molecule has 0 aliphatic carbocycles. The Bertz CT molecular complexity index is 788. The van der Waals surface area contributed by atoms with E-state index in [9.17, 15) is 4.79 Å². The quantitative estimate of drug-likeness (QED) is 0.722. The molecule has 0 spiro atoms. The van der Waals surface area contributed by atoms with Crippen molar-refractivity contribution in [1.82, 2.24) is 24.5 Å². The summed E-state index contributed by atoms with van der Waals surface area (Å²) in [6, 6.07) is 0.346. The Morgan fingerprint density at radius 3 is 2.81 bits per heavy atom. The van der Waals surface area contributed by atoms with Crippen molar-refractivity contribution in [3.63, 3.8) is 0 Å². The Labute approximate surface area is 159 Å². The van der Waals surface area contributed by atoms with Gasteiger partial charge in [0.25, 0.3) is 5.78 Å². The van der Waals surface area contributed by atoms with Crippen molar-refractivity contribution in [2.24, 2.45) is 0 Å². The first-order chi connectivity index (χ1) is 12.5. The van der Waals surface area contributed by atoms with E-state index >= 15 is 0 Å². The number of rotatable bonds is 6. The van der Waals surface area contributed by atoms with Gasteiger partial charge in [-0.05, 0) is 58.4 Å². The molecule has 1 fully saturated rings. The molecule has 7 heteroatoms. The van der Waals surface area contributed by atoms with Gasteiger partial charge in [0.15, 0.2) is 0 Å². The zero-order valence-electron chi connectivity index (χ0n) is 16.3. The van der Waals surface area contributed by atoms with Crippen LogP contribution >= 0.6 is 11.8 Å². The third kappa shape index (κ3) is 4.03. The van der Waals surface area contributed by atoms with Gasteiger partial charge in [-0.25, -0.2) is 9.50 Å². The van der Waals surface area contributed by atoms with Crippen molar-refractivity contribution in [2.75, 3.05) is 12.3 Å². The van der Waals surface area contributed by atoms with Crippen LogP contribution in [-0.2, 0) is 11.2 Å². The van der Waals surface area contributed by atoms with Gasteiger partial charge in [0.1, 0.15) is 0 Å². The molecule has 1 aliphatic rings. The number of carbonyl (C=O) groups excluding carboxylic acids is 1. The highest BCUT2D eigenvalue weighted by Gasteiger charge is 2.23. The maximum absolute atomic E-state index is 12.5. The lowest BCUT2D eigenvalue weighted by molar-refractivity contribution is -0.131. The van der Waals surface area contributed by atoms with E-state index in [1.165, 1.54) is 23.7 Å². The molecular formula is C19H29N5OS. The Morgan fingerprint density at radius 2 is 2.08 bits per heavy atom. The number of carbonyl (C=O) groups is 1. The Hall–Kier alpha value is -1.63. The van der Waals surface area contributed by atoms with Gasteiger partial charge in [-0.1, -0.05) is 25.1 Å². The summed E-state index contributed by atoms with van der Waals surface area (Å²) in [7, 11) is 0. The second kappa shape index (κ2) is 8.37. The zero-order chi connectivity index (χ0) is 18.7. The predicted molar refractivity (Wildman–Crippen MR) is 105 cm³/mol. The number of aromatic nitrogens is 4. The van der Waals surface area contributed by atoms with Gasteiger partial charge in [-0.15, -0.1) is 5.10 Å². The van der Waals surface area contributed by atoms with Gasteiger partial charge in [-0.2, -0.15) is 4.98 Å². The Balaban J connectivity index is 1.72. The molecule has 1 unspecified atom stereocenters. The van der Waals surface area contributed by atoms with Crippen LogP contribution in [-0.4, -0.2) is 48.7 Å². The number of thioether (sulfide) groups is 1. The monoisotopic (exact) mass is 375 g/mol. The molecule has 0 aromatic carbocycles. The van der Waals surface area contributed by atoms with Gasteiger partial charge in [-0.3, -0.25) is 4.79 Å². The first-order valence-corrected chi connectivity index (χ1v) is 10.6. The largest absolute Gasteiger partial charge is 0.339 e. The van der Waals surface area contributed by atoms with E-state index in [1.807, 2.05) is 16.3 Å². The summed E-state index contributed by atoms with van der Waals surface area (Å²) in [5, 5.41) is 5.22. The Morgan fingerprint density at radius 1 is 1.27 bits per heavy atom. The van der Waals surface area contributed by atoms with E-state index in [1.54, 1.807) is 0 Å². The summed E-state index contributed by atoms with van der Waals surface area (Å²) in [6.07, 6.45) is 6.75.